The van der Waals surface area contributed by atoms with Crippen LogP contribution in [-0.4, -0.2) is 17.6 Å². The van der Waals surface area contributed by atoms with Crippen molar-refractivity contribution in [3.63, 3.8) is 0 Å². The van der Waals surface area contributed by atoms with Gasteiger partial charge in [0.2, 0.25) is 0 Å². The first-order valence-corrected chi connectivity index (χ1v) is 8.81. The van der Waals surface area contributed by atoms with E-state index >= 15 is 0 Å². The third kappa shape index (κ3) is 2.99. The van der Waals surface area contributed by atoms with Gasteiger partial charge >= 0.3 is 5.97 Å². The van der Waals surface area contributed by atoms with E-state index in [4.69, 9.17) is 4.74 Å². The minimum absolute atomic E-state index is 0.321. The minimum Gasteiger partial charge on any atom is -0.462 e. The molecule has 3 nitrogen and oxygen atoms in total. The number of hydrogen-bond donors (Lipinski definition) is 0. The summed E-state index contributed by atoms with van der Waals surface area (Å²) in [7, 11) is 0. The average Bonchev–Trinajstić information content (AvgIpc) is 2.42. The lowest BCUT2D eigenvalue weighted by atomic mass is 10.1. The Hall–Kier alpha value is 0.290. The first-order chi connectivity index (χ1) is 8.97. The molecule has 0 radical (unpaired) electrons. The number of carbonyl (C=O) groups is 1. The highest BCUT2D eigenvalue weighted by Gasteiger charge is 2.15. The highest BCUT2D eigenvalue weighted by Crippen LogP contribution is 2.32. The number of fused-ring (bicyclic) bond motifs is 1. The molecule has 0 aliphatic carbocycles. The third-order valence-corrected chi connectivity index (χ3v) is 7.52. The molecule has 1 aromatic heterocycles. The Morgan fingerprint density at radius 3 is 2.58 bits per heavy atom. The van der Waals surface area contributed by atoms with E-state index in [0.717, 1.165) is 18.0 Å². The molecule has 6 heteroatoms. The Kier molecular flexibility index (Phi) is 5.26. The zero-order valence-corrected chi connectivity index (χ0v) is 16.7. The van der Waals surface area contributed by atoms with Crippen molar-refractivity contribution < 1.29 is 9.53 Å². The second-order valence-corrected chi connectivity index (χ2v) is 7.14. The molecule has 1 aromatic carbocycles. The highest BCUT2D eigenvalue weighted by molar-refractivity contribution is 14.1. The fourth-order valence-electron chi connectivity index (χ4n) is 1.69. The summed E-state index contributed by atoms with van der Waals surface area (Å²) >= 11 is 6.94. The standard InChI is InChI=1S/C13H10I3NO2/c1-3-19-13(18)7-4-8-11(16)9(14)6(2)10(15)12(8)17-5-7/h4-5H,3H2,1-2H3. The second kappa shape index (κ2) is 6.37. The number of rotatable bonds is 2. The molecule has 0 saturated carbocycles. The molecule has 0 fully saturated rings. The van der Waals surface area contributed by atoms with Gasteiger partial charge < -0.3 is 4.74 Å². The molecule has 0 saturated heterocycles. The predicted molar refractivity (Wildman–Crippen MR) is 101 cm³/mol. The number of esters is 1. The molecule has 19 heavy (non-hydrogen) atoms. The monoisotopic (exact) mass is 593 g/mol. The lowest BCUT2D eigenvalue weighted by Gasteiger charge is -2.11. The van der Waals surface area contributed by atoms with Gasteiger partial charge in [-0.05, 0) is 93.2 Å². The van der Waals surface area contributed by atoms with Gasteiger partial charge in [-0.25, -0.2) is 4.79 Å². The van der Waals surface area contributed by atoms with Crippen molar-refractivity contribution in [2.45, 2.75) is 13.8 Å². The van der Waals surface area contributed by atoms with Crippen molar-refractivity contribution in [3.05, 3.63) is 34.1 Å². The molecule has 0 bridgehead atoms. The van der Waals surface area contributed by atoms with E-state index < -0.39 is 0 Å². The molecule has 0 amide bonds. The molecule has 0 spiro atoms. The zero-order chi connectivity index (χ0) is 14.2. The summed E-state index contributed by atoms with van der Waals surface area (Å²) in [6, 6.07) is 1.87. The fourth-order valence-corrected chi connectivity index (χ4v) is 4.28. The largest absolute Gasteiger partial charge is 0.462 e. The number of benzene rings is 1. The zero-order valence-electron chi connectivity index (χ0n) is 10.3. The van der Waals surface area contributed by atoms with E-state index in [1.165, 1.54) is 9.13 Å². The highest BCUT2D eigenvalue weighted by atomic mass is 127. The van der Waals surface area contributed by atoms with Crippen molar-refractivity contribution >= 4 is 84.6 Å². The van der Waals surface area contributed by atoms with Crippen LogP contribution in [0.1, 0.15) is 22.8 Å². The number of ether oxygens (including phenoxy) is 1. The van der Waals surface area contributed by atoms with Gasteiger partial charge in [0.25, 0.3) is 0 Å². The average molecular weight is 593 g/mol. The molecular weight excluding hydrogens is 583 g/mol. The van der Waals surface area contributed by atoms with Crippen molar-refractivity contribution in [2.75, 3.05) is 6.61 Å². The molecule has 0 aliphatic rings. The smallest absolute Gasteiger partial charge is 0.339 e. The second-order valence-electron chi connectivity index (χ2n) is 3.91. The maximum atomic E-state index is 11.8. The summed E-state index contributed by atoms with van der Waals surface area (Å²) in [4.78, 5) is 16.2. The van der Waals surface area contributed by atoms with Gasteiger partial charge in [0, 0.05) is 22.3 Å². The summed E-state index contributed by atoms with van der Waals surface area (Å²) in [5, 5.41) is 1.01. The maximum Gasteiger partial charge on any atom is 0.339 e. The van der Waals surface area contributed by atoms with E-state index in [1.807, 2.05) is 6.07 Å². The topological polar surface area (TPSA) is 39.2 Å². The summed E-state index contributed by atoms with van der Waals surface area (Å²) < 4.78 is 8.48. The van der Waals surface area contributed by atoms with Gasteiger partial charge in [0.1, 0.15) is 0 Å². The fraction of sp³-hybridized carbons (Fsp3) is 0.231. The number of aromatic nitrogens is 1. The molecule has 0 unspecified atom stereocenters. The van der Waals surface area contributed by atoms with Crippen molar-refractivity contribution in [1.29, 1.82) is 0 Å². The van der Waals surface area contributed by atoms with Crippen LogP contribution in [0, 0.1) is 17.6 Å². The summed E-state index contributed by atoms with van der Waals surface area (Å²) in [6.45, 7) is 4.26. The molecule has 1 heterocycles. The Morgan fingerprint density at radius 1 is 1.26 bits per heavy atom. The summed E-state index contributed by atoms with van der Waals surface area (Å²) in [5.41, 5.74) is 2.67. The van der Waals surface area contributed by atoms with Crippen LogP contribution in [0.4, 0.5) is 0 Å². The number of carbonyl (C=O) groups excluding carboxylic acids is 1. The Morgan fingerprint density at radius 2 is 1.95 bits per heavy atom. The van der Waals surface area contributed by atoms with E-state index in [-0.39, 0.29) is 5.97 Å². The SMILES string of the molecule is CCOC(=O)c1cnc2c(I)c(C)c(I)c(I)c2c1. The van der Waals surface area contributed by atoms with E-state index in [2.05, 4.69) is 79.7 Å². The van der Waals surface area contributed by atoms with Crippen LogP contribution in [0.3, 0.4) is 0 Å². The van der Waals surface area contributed by atoms with Crippen LogP contribution in [0.15, 0.2) is 12.3 Å². The summed E-state index contributed by atoms with van der Waals surface area (Å²) in [5.74, 6) is -0.321. The lowest BCUT2D eigenvalue weighted by molar-refractivity contribution is 0.0526. The Balaban J connectivity index is 2.70. The number of pyridine rings is 1. The Bertz CT molecular complexity index is 671. The number of hydrogen-bond acceptors (Lipinski definition) is 3. The van der Waals surface area contributed by atoms with Crippen LogP contribution in [-0.2, 0) is 4.74 Å². The van der Waals surface area contributed by atoms with Crippen LogP contribution in [0.2, 0.25) is 0 Å². The first-order valence-electron chi connectivity index (χ1n) is 5.57. The van der Waals surface area contributed by atoms with Gasteiger partial charge in [-0.15, -0.1) is 0 Å². The minimum atomic E-state index is -0.321. The van der Waals surface area contributed by atoms with Gasteiger partial charge in [-0.1, -0.05) is 0 Å². The first kappa shape index (κ1) is 15.7. The molecule has 2 aromatic rings. The van der Waals surface area contributed by atoms with E-state index in [9.17, 15) is 4.79 Å². The quantitative estimate of drug-likeness (QED) is 0.292. The predicted octanol–water partition coefficient (Wildman–Crippen LogP) is 4.53. The van der Waals surface area contributed by atoms with Gasteiger partial charge in [-0.3, -0.25) is 4.98 Å². The third-order valence-electron chi connectivity index (χ3n) is 2.69. The number of nitrogens with zero attached hydrogens (tertiary/aromatic N) is 1. The van der Waals surface area contributed by atoms with Crippen LogP contribution in [0.25, 0.3) is 10.9 Å². The normalized spacial score (nSPS) is 10.8. The molecule has 0 N–H and O–H groups in total. The van der Waals surface area contributed by atoms with E-state index in [0.29, 0.717) is 12.2 Å². The van der Waals surface area contributed by atoms with Gasteiger partial charge in [0.15, 0.2) is 0 Å². The molecule has 2 rings (SSSR count). The maximum absolute atomic E-state index is 11.8. The van der Waals surface area contributed by atoms with Crippen LogP contribution < -0.4 is 0 Å². The van der Waals surface area contributed by atoms with Crippen molar-refractivity contribution in [3.8, 4) is 0 Å². The van der Waals surface area contributed by atoms with Crippen molar-refractivity contribution in [1.82, 2.24) is 4.98 Å². The lowest BCUT2D eigenvalue weighted by Crippen LogP contribution is -2.06. The van der Waals surface area contributed by atoms with Gasteiger partial charge in [0.05, 0.1) is 17.7 Å². The van der Waals surface area contributed by atoms with Crippen molar-refractivity contribution in [2.24, 2.45) is 0 Å². The Labute approximate surface area is 152 Å². The van der Waals surface area contributed by atoms with Gasteiger partial charge in [-0.2, -0.15) is 0 Å². The molecule has 0 atom stereocenters. The molecule has 100 valence electrons. The van der Waals surface area contributed by atoms with Crippen LogP contribution in [0.5, 0.6) is 0 Å². The molecular formula is C13H10I3NO2. The molecule has 0 aliphatic heterocycles. The summed E-state index contributed by atoms with van der Waals surface area (Å²) in [6.07, 6.45) is 1.59. The van der Waals surface area contributed by atoms with E-state index in [1.54, 1.807) is 13.1 Å². The van der Waals surface area contributed by atoms with Crippen LogP contribution >= 0.6 is 67.8 Å². The number of halogens is 3.